The van der Waals surface area contributed by atoms with Gasteiger partial charge in [0.2, 0.25) is 47.3 Å². The first-order chi connectivity index (χ1) is 51.1. The van der Waals surface area contributed by atoms with Crippen LogP contribution in [0.25, 0.3) is 6.08 Å². The predicted octanol–water partition coefficient (Wildman–Crippen LogP) is -4.38. The Balaban J connectivity index is 1.31. The highest BCUT2D eigenvalue weighted by molar-refractivity contribution is 5.98. The topological polar surface area (TPSA) is 608 Å². The number of aliphatic hydroxyl groups is 2. The summed E-state index contributed by atoms with van der Waals surface area (Å²) in [5, 5.41) is 48.2. The maximum atomic E-state index is 14.9. The van der Waals surface area contributed by atoms with Crippen LogP contribution in [0.3, 0.4) is 0 Å². The second-order valence-electron chi connectivity index (χ2n) is 25.9. The molecule has 1 saturated heterocycles. The Labute approximate surface area is 617 Å². The third-order valence-corrected chi connectivity index (χ3v) is 18.0. The van der Waals surface area contributed by atoms with Gasteiger partial charge in [0, 0.05) is 61.2 Å². The van der Waals surface area contributed by atoms with Crippen LogP contribution in [0.1, 0.15) is 114 Å². The number of ether oxygens (including phenoxy) is 2. The summed E-state index contributed by atoms with van der Waals surface area (Å²) in [6, 6.07) is -0.0630. The molecular formula is C69H102N20O18. The number of allylic oxidation sites excluding steroid dienone is 3. The molecule has 1 aromatic heterocycles. The molecule has 7 atom stereocenters. The van der Waals surface area contributed by atoms with Gasteiger partial charge in [-0.2, -0.15) is 0 Å². The minimum absolute atomic E-state index is 0.00171. The number of aliphatic hydroxyl groups excluding tert-OH is 2. The molecule has 3 aliphatic rings. The Kier molecular flexibility index (Phi) is 36.6. The number of carbonyl (C=O) groups excluding carboxylic acids is 12. The zero-order valence-corrected chi connectivity index (χ0v) is 60.0. The van der Waals surface area contributed by atoms with E-state index in [9.17, 15) is 77.6 Å². The summed E-state index contributed by atoms with van der Waals surface area (Å²) in [4.78, 5) is 187. The van der Waals surface area contributed by atoms with E-state index in [4.69, 9.17) is 33.4 Å². The van der Waals surface area contributed by atoms with Gasteiger partial charge in [0.05, 0.1) is 53.1 Å². The fourth-order valence-corrected chi connectivity index (χ4v) is 12.2. The number of amides is 10. The highest BCUT2D eigenvalue weighted by Gasteiger charge is 2.39. The van der Waals surface area contributed by atoms with Gasteiger partial charge in [-0.3, -0.25) is 73.6 Å². The Morgan fingerprint density at radius 1 is 0.701 bits per heavy atom. The Bertz CT molecular complexity index is 3550. The molecule has 0 bridgehead atoms. The number of H-pyrrole nitrogens is 1. The number of carbonyl (C=O) groups is 13. The number of rotatable bonds is 45. The average Bonchev–Trinajstić information content (AvgIpc) is 1.78. The number of aromatic amines is 1. The molecule has 1 aromatic carbocycles. The molecule has 2 aliphatic carbocycles. The van der Waals surface area contributed by atoms with Gasteiger partial charge in [-0.25, -0.2) is 25.0 Å². The summed E-state index contributed by atoms with van der Waals surface area (Å²) in [6.07, 6.45) is 13.6. The van der Waals surface area contributed by atoms with Crippen LogP contribution in [0.15, 0.2) is 94.4 Å². The van der Waals surface area contributed by atoms with Crippen molar-refractivity contribution in [1.82, 2.24) is 68.5 Å². The number of guanidine groups is 2. The standard InChI is InChI=1S/C69H102N20O18/c1-39(58(96)87-86-49(16-9-25-78-69(73)74)61(99)79-36-56(93)81-52(34-57(94)95)67(105)107-3)45-30-42(31-45)29-44(59(97)76-26-28-90)13-7-14-47(43-22-20-41(21-23-43)19-18-40-11-5-4-6-12-40)60(98)88-89-27-10-17-54(89)65(103)83-50(32-46-35-75-38-80-46)63(101)85-53(37-91)64(102)82-48(15-8-24-77-68(71)72)62(100)84-51(33-55(70)92)66(104)106-2/h4-6,11-12,14,18-19,29,35,38,41-43,45,48-54,86,90-91H,1,7-10,13,15-17,20-28,30-34,36-37H2,2-3H3,(H2,70,92)(H,75,80)(H,76,97)(H,79,99)(H,81,93)(H,82,102)(H,83,103)(H,84,100)(H,85,101)(H,87,96)(H,88,98)(H,94,95)(H4,71,72,77)(H4,73,74,78)/b19-18-,44-29-,47-14+/t41?,42?,43?,45?,48-,49-,50-,51?,52-,53?,54-/m0/s1. The van der Waals surface area contributed by atoms with Crippen LogP contribution < -0.4 is 82.2 Å². The van der Waals surface area contributed by atoms with Crippen molar-refractivity contribution in [3.63, 3.8) is 0 Å². The van der Waals surface area contributed by atoms with Crippen molar-refractivity contribution in [3.8, 4) is 0 Å². The van der Waals surface area contributed by atoms with Crippen LogP contribution >= 0.6 is 0 Å². The van der Waals surface area contributed by atoms with Gasteiger partial charge in [0.1, 0.15) is 42.3 Å². The average molecular weight is 1500 g/mol. The highest BCUT2D eigenvalue weighted by atomic mass is 16.5. The number of aliphatic carboxylic acids is 1. The Morgan fingerprint density at radius 3 is 1.92 bits per heavy atom. The number of primary amides is 1. The third-order valence-electron chi connectivity index (χ3n) is 18.0. The van der Waals surface area contributed by atoms with Crippen molar-refractivity contribution in [2.75, 3.05) is 60.2 Å². The normalized spacial score (nSPS) is 18.8. The molecule has 586 valence electrons. The van der Waals surface area contributed by atoms with Gasteiger partial charge in [-0.05, 0) is 119 Å². The number of imidazole rings is 1. The number of carboxylic acids is 1. The van der Waals surface area contributed by atoms with Gasteiger partial charge in [-0.15, -0.1) is 0 Å². The van der Waals surface area contributed by atoms with Gasteiger partial charge in [0.15, 0.2) is 11.9 Å². The van der Waals surface area contributed by atoms with Crippen molar-refractivity contribution >= 4 is 95.0 Å². The zero-order valence-electron chi connectivity index (χ0n) is 60.0. The zero-order chi connectivity index (χ0) is 78.5. The number of hydrogen-bond donors (Lipinski definition) is 19. The maximum Gasteiger partial charge on any atom is 0.328 e. The largest absolute Gasteiger partial charge is 0.481 e. The predicted molar refractivity (Wildman–Crippen MR) is 387 cm³/mol. The summed E-state index contributed by atoms with van der Waals surface area (Å²) in [6.45, 7) is 2.24. The molecule has 0 radical (unpaired) electrons. The Morgan fingerprint density at radius 2 is 1.32 bits per heavy atom. The lowest BCUT2D eigenvalue weighted by Gasteiger charge is -2.35. The fraction of sp³-hybridized carbons (Fsp3) is 0.536. The number of carboxylic acid groups (broad SMARTS) is 1. The molecule has 2 unspecified atom stereocenters. The van der Waals surface area contributed by atoms with Gasteiger partial charge >= 0.3 is 17.9 Å². The summed E-state index contributed by atoms with van der Waals surface area (Å²) >= 11 is 0. The first kappa shape index (κ1) is 86.5. The molecule has 38 nitrogen and oxygen atoms in total. The van der Waals surface area contributed by atoms with Gasteiger partial charge in [0.25, 0.3) is 11.8 Å². The molecule has 38 heteroatoms. The first-order valence-corrected chi connectivity index (χ1v) is 35.1. The minimum atomic E-state index is -1.73. The van der Waals surface area contributed by atoms with E-state index in [0.29, 0.717) is 48.9 Å². The van der Waals surface area contributed by atoms with E-state index in [0.717, 1.165) is 32.6 Å². The van der Waals surface area contributed by atoms with E-state index in [1.54, 1.807) is 12.2 Å². The molecule has 5 rings (SSSR count). The van der Waals surface area contributed by atoms with E-state index >= 15 is 0 Å². The number of benzene rings is 1. The second kappa shape index (κ2) is 45.3. The van der Waals surface area contributed by atoms with Crippen LogP contribution in [0.5, 0.6) is 0 Å². The van der Waals surface area contributed by atoms with E-state index in [1.165, 1.54) is 17.5 Å². The van der Waals surface area contributed by atoms with Crippen molar-refractivity contribution in [2.24, 2.45) is 62.3 Å². The molecule has 107 heavy (non-hydrogen) atoms. The summed E-state index contributed by atoms with van der Waals surface area (Å²) in [5.74, 6) is -12.4. The third kappa shape index (κ3) is 30.1. The molecule has 10 amide bonds. The van der Waals surface area contributed by atoms with Crippen molar-refractivity contribution in [2.45, 2.75) is 151 Å². The Hall–Kier alpha value is -11.1. The van der Waals surface area contributed by atoms with E-state index < -0.39 is 145 Å². The molecule has 2 aromatic rings. The number of nitrogens with zero attached hydrogens (tertiary/aromatic N) is 4. The highest BCUT2D eigenvalue weighted by Crippen LogP contribution is 2.40. The number of esters is 2. The first-order valence-electron chi connectivity index (χ1n) is 35.1. The molecule has 3 fully saturated rings. The monoisotopic (exact) mass is 1500 g/mol. The molecule has 2 saturated carbocycles. The quantitative estimate of drug-likeness (QED) is 0.00744. The molecule has 0 spiro atoms. The molecule has 24 N–H and O–H groups in total. The fourth-order valence-electron chi connectivity index (χ4n) is 12.2. The number of hydrogen-bond acceptors (Lipinski definition) is 22. The number of aliphatic imine (C=N–C) groups is 2. The van der Waals surface area contributed by atoms with Crippen molar-refractivity contribution < 1.29 is 87.1 Å². The lowest BCUT2D eigenvalue weighted by molar-refractivity contribution is -0.149. The van der Waals surface area contributed by atoms with Crippen LogP contribution in [-0.4, -0.2) is 222 Å². The van der Waals surface area contributed by atoms with Gasteiger partial charge < -0.3 is 95.7 Å². The molecule has 2 heterocycles. The minimum Gasteiger partial charge on any atom is -0.481 e. The molecule has 1 aliphatic heterocycles. The number of nitrogens with two attached hydrogens (primary N) is 5. The van der Waals surface area contributed by atoms with E-state index in [-0.39, 0.29) is 125 Å². The molecular weight excluding hydrogens is 1400 g/mol. The number of hydrazine groups is 2. The number of methoxy groups -OCH3 is 2. The smallest absolute Gasteiger partial charge is 0.328 e. The van der Waals surface area contributed by atoms with E-state index in [1.807, 2.05) is 30.3 Å². The van der Waals surface area contributed by atoms with Crippen LogP contribution in [-0.2, 0) is 78.2 Å². The summed E-state index contributed by atoms with van der Waals surface area (Å²) < 4.78 is 9.26. The van der Waals surface area contributed by atoms with E-state index in [2.05, 4.69) is 96.9 Å². The van der Waals surface area contributed by atoms with Crippen LogP contribution in [0.2, 0.25) is 0 Å². The van der Waals surface area contributed by atoms with Crippen molar-refractivity contribution in [1.29, 1.82) is 0 Å². The lowest BCUT2D eigenvalue weighted by Crippen LogP contribution is -2.60. The number of nitrogens with one attached hydrogen (secondary N) is 11. The second-order valence-corrected chi connectivity index (χ2v) is 25.9. The van der Waals surface area contributed by atoms with Gasteiger partial charge in [-0.1, -0.05) is 61.2 Å². The lowest BCUT2D eigenvalue weighted by atomic mass is 9.70. The van der Waals surface area contributed by atoms with Crippen LogP contribution in [0.4, 0.5) is 0 Å². The number of aromatic nitrogens is 2. The van der Waals surface area contributed by atoms with Crippen molar-refractivity contribution in [3.05, 3.63) is 95.6 Å². The SMILES string of the molecule is C=C(C(=O)NN[C@@H](CCCN=C(N)N)C(=O)NCC(=O)N[C@@H](CC(=O)O)C(=O)OC)C1CC(/C=C(/CC/C=C(/C(=O)NN2CCC[C@H]2C(=O)N[C@@H](Cc2cnc[nH]2)C(=O)NC(CO)C(=O)N[C@@H](CCCN=C(N)N)C(=O)NC(CC(N)=O)C(=O)OC)C2CCC(/C=C\c3ccccc3)CC2)C(=O)NCCO)C1. The maximum absolute atomic E-state index is 14.9. The summed E-state index contributed by atoms with van der Waals surface area (Å²) in [5.41, 5.74) is 37.6. The van der Waals surface area contributed by atoms with Crippen LogP contribution in [0, 0.1) is 23.7 Å². The summed E-state index contributed by atoms with van der Waals surface area (Å²) in [7, 11) is 2.03.